The van der Waals surface area contributed by atoms with Gasteiger partial charge in [0.2, 0.25) is 5.91 Å². The third kappa shape index (κ3) is 4.57. The molecule has 8 heteroatoms. The SMILES string of the molecule is Cl.NCCCCNC(=O)CCn1nc2ccccn2c1=O. The first-order valence-electron chi connectivity index (χ1n) is 6.73. The van der Waals surface area contributed by atoms with Crippen LogP contribution in [0.2, 0.25) is 0 Å². The zero-order valence-electron chi connectivity index (χ0n) is 11.7. The van der Waals surface area contributed by atoms with Crippen LogP contribution >= 0.6 is 12.4 Å². The Morgan fingerprint density at radius 2 is 2.14 bits per heavy atom. The lowest BCUT2D eigenvalue weighted by Crippen LogP contribution is -2.28. The van der Waals surface area contributed by atoms with Crippen LogP contribution < -0.4 is 16.7 Å². The standard InChI is InChI=1S/C13H19N5O2.ClH/c14-7-2-3-8-15-12(19)6-10-18-13(20)17-9-4-1-5-11(17)16-18;/h1,4-5,9H,2-3,6-8,10,14H2,(H,15,19);1H. The summed E-state index contributed by atoms with van der Waals surface area (Å²) >= 11 is 0. The van der Waals surface area contributed by atoms with Crippen molar-refractivity contribution in [2.24, 2.45) is 5.73 Å². The fraction of sp³-hybridized carbons (Fsp3) is 0.462. The Morgan fingerprint density at radius 3 is 2.86 bits per heavy atom. The largest absolute Gasteiger partial charge is 0.356 e. The molecule has 0 radical (unpaired) electrons. The summed E-state index contributed by atoms with van der Waals surface area (Å²) in [5, 5.41) is 6.96. The lowest BCUT2D eigenvalue weighted by atomic mass is 10.3. The maximum atomic E-state index is 12.0. The fourth-order valence-corrected chi connectivity index (χ4v) is 1.91. The third-order valence-corrected chi connectivity index (χ3v) is 2.99. The van der Waals surface area contributed by atoms with Gasteiger partial charge < -0.3 is 11.1 Å². The Morgan fingerprint density at radius 1 is 1.33 bits per heavy atom. The van der Waals surface area contributed by atoms with Crippen molar-refractivity contribution in [1.82, 2.24) is 19.5 Å². The van der Waals surface area contributed by atoms with Crippen LogP contribution in [0.4, 0.5) is 0 Å². The number of rotatable bonds is 7. The van der Waals surface area contributed by atoms with Crippen LogP contribution in [0.15, 0.2) is 29.2 Å². The molecule has 116 valence electrons. The van der Waals surface area contributed by atoms with E-state index in [4.69, 9.17) is 5.73 Å². The Balaban J connectivity index is 0.00000220. The molecule has 0 aliphatic carbocycles. The second-order valence-corrected chi connectivity index (χ2v) is 4.53. The first kappa shape index (κ1) is 17.2. The molecule has 0 spiro atoms. The zero-order valence-corrected chi connectivity index (χ0v) is 12.5. The molecule has 7 nitrogen and oxygen atoms in total. The van der Waals surface area contributed by atoms with Gasteiger partial charge in [-0.05, 0) is 31.5 Å². The minimum Gasteiger partial charge on any atom is -0.356 e. The highest BCUT2D eigenvalue weighted by molar-refractivity contribution is 5.85. The lowest BCUT2D eigenvalue weighted by molar-refractivity contribution is -0.121. The number of pyridine rings is 1. The van der Waals surface area contributed by atoms with E-state index in [1.165, 1.54) is 9.08 Å². The molecular weight excluding hydrogens is 294 g/mol. The van der Waals surface area contributed by atoms with Crippen LogP contribution in [0.1, 0.15) is 19.3 Å². The van der Waals surface area contributed by atoms with Crippen LogP contribution in [0.3, 0.4) is 0 Å². The number of hydrogen-bond donors (Lipinski definition) is 2. The molecule has 0 aliphatic rings. The van der Waals surface area contributed by atoms with E-state index in [9.17, 15) is 9.59 Å². The molecule has 2 aromatic rings. The number of aryl methyl sites for hydroxylation is 1. The molecule has 0 atom stereocenters. The number of carbonyl (C=O) groups excluding carboxylic acids is 1. The molecule has 0 aliphatic heterocycles. The van der Waals surface area contributed by atoms with E-state index in [2.05, 4.69) is 10.4 Å². The van der Waals surface area contributed by atoms with E-state index in [1.807, 2.05) is 6.07 Å². The van der Waals surface area contributed by atoms with Gasteiger partial charge in [0.05, 0.1) is 6.54 Å². The number of nitrogens with two attached hydrogens (primary N) is 1. The highest BCUT2D eigenvalue weighted by Crippen LogP contribution is 1.96. The van der Waals surface area contributed by atoms with Crippen LogP contribution in [-0.2, 0) is 11.3 Å². The van der Waals surface area contributed by atoms with E-state index in [0.29, 0.717) is 18.7 Å². The monoisotopic (exact) mass is 313 g/mol. The van der Waals surface area contributed by atoms with Crippen molar-refractivity contribution < 1.29 is 4.79 Å². The van der Waals surface area contributed by atoms with Crippen molar-refractivity contribution in [3.63, 3.8) is 0 Å². The predicted octanol–water partition coefficient (Wildman–Crippen LogP) is 0.163. The van der Waals surface area contributed by atoms with Crippen molar-refractivity contribution in [2.45, 2.75) is 25.8 Å². The highest BCUT2D eigenvalue weighted by Gasteiger charge is 2.07. The molecule has 0 saturated carbocycles. The van der Waals surface area contributed by atoms with Gasteiger partial charge in [-0.15, -0.1) is 17.5 Å². The Bertz CT molecular complexity index is 637. The molecule has 0 bridgehead atoms. The number of hydrogen-bond acceptors (Lipinski definition) is 4. The molecule has 0 unspecified atom stereocenters. The van der Waals surface area contributed by atoms with Crippen molar-refractivity contribution >= 4 is 24.0 Å². The summed E-state index contributed by atoms with van der Waals surface area (Å²) in [6, 6.07) is 5.34. The first-order valence-corrected chi connectivity index (χ1v) is 6.73. The van der Waals surface area contributed by atoms with Crippen LogP contribution in [0, 0.1) is 0 Å². The maximum Gasteiger partial charge on any atom is 0.350 e. The van der Waals surface area contributed by atoms with Crippen molar-refractivity contribution in [3.05, 3.63) is 34.9 Å². The Labute approximate surface area is 128 Å². The average molecular weight is 314 g/mol. The van der Waals surface area contributed by atoms with Gasteiger partial charge in [-0.3, -0.25) is 9.20 Å². The topological polar surface area (TPSA) is 94.4 Å². The summed E-state index contributed by atoms with van der Waals surface area (Å²) in [5.74, 6) is -0.0778. The summed E-state index contributed by atoms with van der Waals surface area (Å²) < 4.78 is 2.77. The van der Waals surface area contributed by atoms with Crippen molar-refractivity contribution in [3.8, 4) is 0 Å². The Kier molecular flexibility index (Phi) is 6.90. The summed E-state index contributed by atoms with van der Waals surface area (Å²) in [7, 11) is 0. The first-order chi connectivity index (χ1) is 9.72. The molecule has 0 saturated heterocycles. The van der Waals surface area contributed by atoms with Crippen molar-refractivity contribution in [1.29, 1.82) is 0 Å². The minimum absolute atomic E-state index is 0. The molecule has 0 fully saturated rings. The number of nitrogens with one attached hydrogen (secondary N) is 1. The second-order valence-electron chi connectivity index (χ2n) is 4.53. The van der Waals surface area contributed by atoms with Crippen LogP contribution in [0.5, 0.6) is 0 Å². The molecule has 21 heavy (non-hydrogen) atoms. The van der Waals surface area contributed by atoms with E-state index in [0.717, 1.165) is 12.8 Å². The number of unbranched alkanes of at least 4 members (excludes halogenated alkanes) is 1. The summed E-state index contributed by atoms with van der Waals surface area (Å²) in [4.78, 5) is 23.6. The normalized spacial score (nSPS) is 10.3. The minimum atomic E-state index is -0.225. The van der Waals surface area contributed by atoms with Crippen molar-refractivity contribution in [2.75, 3.05) is 13.1 Å². The third-order valence-electron chi connectivity index (χ3n) is 2.99. The van der Waals surface area contributed by atoms with Gasteiger partial charge in [-0.1, -0.05) is 6.07 Å². The van der Waals surface area contributed by atoms with Gasteiger partial charge >= 0.3 is 5.69 Å². The van der Waals surface area contributed by atoms with Gasteiger partial charge in [-0.2, -0.15) is 0 Å². The number of fused-ring (bicyclic) bond motifs is 1. The maximum absolute atomic E-state index is 12.0. The van der Waals surface area contributed by atoms with Gasteiger partial charge in [0.15, 0.2) is 5.65 Å². The van der Waals surface area contributed by atoms with E-state index >= 15 is 0 Å². The molecule has 3 N–H and O–H groups in total. The van der Waals surface area contributed by atoms with E-state index in [-0.39, 0.29) is 37.0 Å². The molecule has 2 rings (SSSR count). The van der Waals surface area contributed by atoms with Gasteiger partial charge in [-0.25, -0.2) is 9.48 Å². The van der Waals surface area contributed by atoms with Gasteiger partial charge in [0.25, 0.3) is 0 Å². The molecule has 2 aromatic heterocycles. The van der Waals surface area contributed by atoms with Crippen LogP contribution in [-0.4, -0.2) is 33.2 Å². The molecule has 1 amide bonds. The van der Waals surface area contributed by atoms with Gasteiger partial charge in [0, 0.05) is 19.2 Å². The fourth-order valence-electron chi connectivity index (χ4n) is 1.91. The Hall–Kier alpha value is -1.86. The summed E-state index contributed by atoms with van der Waals surface area (Å²) in [6.07, 6.45) is 3.67. The van der Waals surface area contributed by atoms with E-state index in [1.54, 1.807) is 18.3 Å². The van der Waals surface area contributed by atoms with Gasteiger partial charge in [0.1, 0.15) is 0 Å². The summed E-state index contributed by atoms with van der Waals surface area (Å²) in [6.45, 7) is 1.53. The smallest absolute Gasteiger partial charge is 0.350 e. The number of amides is 1. The number of carbonyl (C=O) groups is 1. The predicted molar refractivity (Wildman–Crippen MR) is 82.6 cm³/mol. The summed E-state index contributed by atoms with van der Waals surface area (Å²) in [5.41, 5.74) is 5.73. The molecule has 0 aromatic carbocycles. The number of nitrogens with zero attached hydrogens (tertiary/aromatic N) is 3. The number of halogens is 1. The quantitative estimate of drug-likeness (QED) is 0.712. The lowest BCUT2D eigenvalue weighted by Gasteiger charge is -2.04. The highest BCUT2D eigenvalue weighted by atomic mass is 35.5. The zero-order chi connectivity index (χ0) is 14.4. The second kappa shape index (κ2) is 8.43. The molecule has 2 heterocycles. The number of aromatic nitrogens is 3. The molecular formula is C13H20ClN5O2. The van der Waals surface area contributed by atoms with Crippen LogP contribution in [0.25, 0.3) is 5.65 Å². The van der Waals surface area contributed by atoms with E-state index < -0.39 is 0 Å². The average Bonchev–Trinajstić information content (AvgIpc) is 2.78.